The molecule has 1 amide bonds. The number of carbonyl (C=O) groups excluding carboxylic acids is 1. The molecule has 2 aromatic heterocycles. The summed E-state index contributed by atoms with van der Waals surface area (Å²) in [5.41, 5.74) is 0.939. The van der Waals surface area contributed by atoms with Crippen LogP contribution in [0.5, 0.6) is 0 Å². The third kappa shape index (κ3) is 4.72. The smallest absolute Gasteiger partial charge is 0.234 e. The largest absolute Gasteiger partial charge is 0.323 e. The van der Waals surface area contributed by atoms with Crippen molar-refractivity contribution in [2.24, 2.45) is 0 Å². The van der Waals surface area contributed by atoms with E-state index >= 15 is 0 Å². The highest BCUT2D eigenvalue weighted by Gasteiger charge is 2.15. The molecule has 9 heteroatoms. The lowest BCUT2D eigenvalue weighted by Gasteiger charge is -2.08. The van der Waals surface area contributed by atoms with Crippen LogP contribution >= 0.6 is 23.4 Å². The third-order valence-corrected chi connectivity index (χ3v) is 4.71. The predicted molar refractivity (Wildman–Crippen MR) is 104 cm³/mol. The van der Waals surface area contributed by atoms with E-state index in [0.717, 1.165) is 11.6 Å². The zero-order chi connectivity index (χ0) is 19.2. The van der Waals surface area contributed by atoms with Crippen LogP contribution in [0.3, 0.4) is 0 Å². The highest BCUT2D eigenvalue weighted by atomic mass is 35.5. The monoisotopic (exact) mass is 403 g/mol. The van der Waals surface area contributed by atoms with Crippen LogP contribution in [-0.2, 0) is 11.3 Å². The number of nitrogens with zero attached hydrogens (tertiary/aromatic N) is 4. The second-order valence-electron chi connectivity index (χ2n) is 5.40. The molecule has 2 heterocycles. The van der Waals surface area contributed by atoms with E-state index in [4.69, 9.17) is 11.6 Å². The highest BCUT2D eigenvalue weighted by molar-refractivity contribution is 7.99. The van der Waals surface area contributed by atoms with Gasteiger partial charge in [0.2, 0.25) is 5.91 Å². The Labute approximate surface area is 164 Å². The summed E-state index contributed by atoms with van der Waals surface area (Å²) >= 11 is 6.91. The standard InChI is InChI=1S/C18H15ClFN5OS/c1-2-9-25-17(12-5-7-21-8-6-12)23-24-18(25)27-11-16(26)22-15-4-3-13(19)10-14(15)20/h2-8,10H,1,9,11H2,(H,22,26). The molecule has 0 aliphatic carbocycles. The number of thioether (sulfide) groups is 1. The predicted octanol–water partition coefficient (Wildman–Crippen LogP) is 4.05. The van der Waals surface area contributed by atoms with Crippen LogP contribution in [0.15, 0.2) is 60.5 Å². The van der Waals surface area contributed by atoms with Gasteiger partial charge >= 0.3 is 0 Å². The van der Waals surface area contributed by atoms with Gasteiger partial charge in [-0.2, -0.15) is 0 Å². The lowest BCUT2D eigenvalue weighted by Crippen LogP contribution is -2.15. The number of rotatable bonds is 7. The van der Waals surface area contributed by atoms with E-state index in [1.807, 2.05) is 16.7 Å². The van der Waals surface area contributed by atoms with E-state index in [-0.39, 0.29) is 22.4 Å². The number of hydrogen-bond donors (Lipinski definition) is 1. The van der Waals surface area contributed by atoms with Gasteiger partial charge in [-0.3, -0.25) is 14.3 Å². The molecule has 0 unspecified atom stereocenters. The Bertz CT molecular complexity index is 964. The van der Waals surface area contributed by atoms with Gasteiger partial charge in [-0.15, -0.1) is 16.8 Å². The number of anilines is 1. The first-order chi connectivity index (χ1) is 13.1. The van der Waals surface area contributed by atoms with Gasteiger partial charge in [-0.1, -0.05) is 29.4 Å². The van der Waals surface area contributed by atoms with E-state index in [9.17, 15) is 9.18 Å². The lowest BCUT2D eigenvalue weighted by molar-refractivity contribution is -0.113. The Morgan fingerprint density at radius 2 is 2.07 bits per heavy atom. The number of allylic oxidation sites excluding steroid dienone is 1. The number of nitrogens with one attached hydrogen (secondary N) is 1. The molecule has 0 spiro atoms. The Morgan fingerprint density at radius 1 is 1.30 bits per heavy atom. The fraction of sp³-hybridized carbons (Fsp3) is 0.111. The molecule has 138 valence electrons. The molecule has 1 aromatic carbocycles. The summed E-state index contributed by atoms with van der Waals surface area (Å²) in [5.74, 6) is -0.243. The minimum absolute atomic E-state index is 0.0493. The quantitative estimate of drug-likeness (QED) is 0.476. The van der Waals surface area contributed by atoms with E-state index in [2.05, 4.69) is 27.1 Å². The molecule has 0 fully saturated rings. The van der Waals surface area contributed by atoms with E-state index in [1.54, 1.807) is 18.5 Å². The van der Waals surface area contributed by atoms with Crippen molar-refractivity contribution in [3.05, 3.63) is 66.2 Å². The van der Waals surface area contributed by atoms with E-state index in [1.165, 1.54) is 23.9 Å². The van der Waals surface area contributed by atoms with Crippen molar-refractivity contribution in [1.82, 2.24) is 19.7 Å². The maximum atomic E-state index is 13.8. The Balaban J connectivity index is 1.71. The SMILES string of the molecule is C=CCn1c(SCC(=O)Nc2ccc(Cl)cc2F)nnc1-c1ccncc1. The highest BCUT2D eigenvalue weighted by Crippen LogP contribution is 2.24. The number of hydrogen-bond acceptors (Lipinski definition) is 5. The molecule has 27 heavy (non-hydrogen) atoms. The van der Waals surface area contributed by atoms with Crippen molar-refractivity contribution in [1.29, 1.82) is 0 Å². The van der Waals surface area contributed by atoms with Crippen LogP contribution in [0.25, 0.3) is 11.4 Å². The summed E-state index contributed by atoms with van der Waals surface area (Å²) in [6, 6.07) is 7.73. The van der Waals surface area contributed by atoms with Crippen molar-refractivity contribution < 1.29 is 9.18 Å². The average Bonchev–Trinajstić information content (AvgIpc) is 3.06. The normalized spacial score (nSPS) is 10.6. The fourth-order valence-corrected chi connectivity index (χ4v) is 3.22. The Kier molecular flexibility index (Phi) is 6.20. The third-order valence-electron chi connectivity index (χ3n) is 3.50. The molecule has 1 N–H and O–H groups in total. The van der Waals surface area contributed by atoms with Crippen LogP contribution in [0, 0.1) is 5.82 Å². The summed E-state index contributed by atoms with van der Waals surface area (Å²) in [6.45, 7) is 4.24. The van der Waals surface area contributed by atoms with Gasteiger partial charge in [0.1, 0.15) is 5.82 Å². The van der Waals surface area contributed by atoms with Crippen LogP contribution in [0.1, 0.15) is 0 Å². The molecule has 0 bridgehead atoms. The second kappa shape index (κ2) is 8.79. The number of pyridine rings is 1. The topological polar surface area (TPSA) is 72.7 Å². The van der Waals surface area contributed by atoms with Gasteiger partial charge in [0.15, 0.2) is 11.0 Å². The molecule has 0 radical (unpaired) electrons. The molecule has 0 atom stereocenters. The van der Waals surface area contributed by atoms with Crippen LogP contribution in [-0.4, -0.2) is 31.4 Å². The van der Waals surface area contributed by atoms with Gasteiger partial charge in [-0.25, -0.2) is 4.39 Å². The summed E-state index contributed by atoms with van der Waals surface area (Å²) in [5, 5.41) is 11.7. The first-order valence-electron chi connectivity index (χ1n) is 7.90. The van der Waals surface area contributed by atoms with Gasteiger partial charge in [0, 0.05) is 29.5 Å². The molecule has 0 aliphatic rings. The molecular weight excluding hydrogens is 389 g/mol. The minimum Gasteiger partial charge on any atom is -0.323 e. The van der Waals surface area contributed by atoms with Gasteiger partial charge in [-0.05, 0) is 30.3 Å². The zero-order valence-electron chi connectivity index (χ0n) is 14.1. The number of carbonyl (C=O) groups is 1. The van der Waals surface area contributed by atoms with Crippen LogP contribution in [0.4, 0.5) is 10.1 Å². The number of benzene rings is 1. The second-order valence-corrected chi connectivity index (χ2v) is 6.78. The summed E-state index contributed by atoms with van der Waals surface area (Å²) in [7, 11) is 0. The molecule has 6 nitrogen and oxygen atoms in total. The maximum absolute atomic E-state index is 13.8. The Hall–Kier alpha value is -2.71. The van der Waals surface area contributed by atoms with E-state index < -0.39 is 5.82 Å². The molecule has 0 saturated heterocycles. The van der Waals surface area contributed by atoms with Crippen LogP contribution in [0.2, 0.25) is 5.02 Å². The molecular formula is C18H15ClFN5OS. The van der Waals surface area contributed by atoms with Crippen molar-refractivity contribution in [3.8, 4) is 11.4 Å². The molecule has 3 rings (SSSR count). The van der Waals surface area contributed by atoms with Crippen molar-refractivity contribution in [3.63, 3.8) is 0 Å². The minimum atomic E-state index is -0.587. The average molecular weight is 404 g/mol. The number of aromatic nitrogens is 4. The van der Waals surface area contributed by atoms with Crippen molar-refractivity contribution in [2.45, 2.75) is 11.7 Å². The van der Waals surface area contributed by atoms with Crippen molar-refractivity contribution >= 4 is 35.0 Å². The fourth-order valence-electron chi connectivity index (χ4n) is 2.31. The summed E-state index contributed by atoms with van der Waals surface area (Å²) < 4.78 is 15.6. The first-order valence-corrected chi connectivity index (χ1v) is 9.27. The van der Waals surface area contributed by atoms with Gasteiger partial charge in [0.05, 0.1) is 11.4 Å². The number of amides is 1. The molecule has 3 aromatic rings. The molecule has 0 saturated carbocycles. The van der Waals surface area contributed by atoms with Gasteiger partial charge < -0.3 is 5.32 Å². The van der Waals surface area contributed by atoms with Gasteiger partial charge in [0.25, 0.3) is 0 Å². The maximum Gasteiger partial charge on any atom is 0.234 e. The summed E-state index contributed by atoms with van der Waals surface area (Å²) in [4.78, 5) is 16.1. The van der Waals surface area contributed by atoms with Crippen LogP contribution < -0.4 is 5.32 Å². The lowest BCUT2D eigenvalue weighted by atomic mass is 10.2. The zero-order valence-corrected chi connectivity index (χ0v) is 15.7. The molecule has 0 aliphatic heterocycles. The van der Waals surface area contributed by atoms with E-state index in [0.29, 0.717) is 17.5 Å². The Morgan fingerprint density at radius 3 is 2.78 bits per heavy atom. The number of halogens is 2. The van der Waals surface area contributed by atoms with Crippen molar-refractivity contribution in [2.75, 3.05) is 11.1 Å². The summed E-state index contributed by atoms with van der Waals surface area (Å²) in [6.07, 6.45) is 5.06. The first kappa shape index (κ1) is 19.1.